The van der Waals surface area contributed by atoms with Crippen LogP contribution in [0.5, 0.6) is 0 Å². The average Bonchev–Trinajstić information content (AvgIpc) is 2.03. The predicted molar refractivity (Wildman–Crippen MR) is 45.2 cm³/mol. The Hall–Kier alpha value is -0.0200. The van der Waals surface area contributed by atoms with E-state index in [1.54, 1.807) is 0 Å². The van der Waals surface area contributed by atoms with Crippen molar-refractivity contribution in [3.63, 3.8) is 0 Å². The van der Waals surface area contributed by atoms with Crippen LogP contribution in [0, 0.1) is 5.92 Å². The normalized spacial score (nSPS) is 20.9. The van der Waals surface area contributed by atoms with Crippen molar-refractivity contribution in [1.29, 1.82) is 0 Å². The minimum atomic E-state index is -4.21. The Morgan fingerprint density at radius 1 is 1.08 bits per heavy atom. The first-order valence-electron chi connectivity index (χ1n) is 4.13. The van der Waals surface area contributed by atoms with Crippen molar-refractivity contribution in [2.75, 3.05) is 0 Å². The van der Waals surface area contributed by atoms with E-state index < -0.39 is 13.5 Å². The van der Waals surface area contributed by atoms with Crippen LogP contribution < -0.4 is 0 Å². The van der Waals surface area contributed by atoms with Gasteiger partial charge in [0, 0.05) is 0 Å². The van der Waals surface area contributed by atoms with Crippen molar-refractivity contribution in [3.8, 4) is 0 Å². The highest BCUT2D eigenvalue weighted by atomic mass is 31.2. The first-order chi connectivity index (χ1) is 5.52. The van der Waals surface area contributed by atoms with Gasteiger partial charge in [-0.25, -0.2) is 4.79 Å². The zero-order valence-electron chi connectivity index (χ0n) is 6.81. The molecule has 0 unspecified atom stereocenters. The Kier molecular flexibility index (Phi) is 3.18. The second kappa shape index (κ2) is 3.79. The van der Waals surface area contributed by atoms with Gasteiger partial charge in [0.25, 0.3) is 0 Å². The fourth-order valence-corrected chi connectivity index (χ4v) is 2.34. The molecule has 1 aliphatic carbocycles. The van der Waals surface area contributed by atoms with Crippen LogP contribution in [0.25, 0.3) is 0 Å². The lowest BCUT2D eigenvalue weighted by Crippen LogP contribution is -2.20. The third-order valence-corrected chi connectivity index (χ3v) is 3.21. The highest BCUT2D eigenvalue weighted by Crippen LogP contribution is 2.50. The van der Waals surface area contributed by atoms with Crippen LogP contribution in [0.1, 0.15) is 32.1 Å². The summed E-state index contributed by atoms with van der Waals surface area (Å²) in [6.07, 6.45) is 4.34. The van der Waals surface area contributed by atoms with E-state index in [1.165, 1.54) is 0 Å². The van der Waals surface area contributed by atoms with Gasteiger partial charge in [0.1, 0.15) is 0 Å². The summed E-state index contributed by atoms with van der Waals surface area (Å²) >= 11 is 0. The van der Waals surface area contributed by atoms with Gasteiger partial charge in [-0.15, -0.1) is 0 Å². The van der Waals surface area contributed by atoms with Crippen molar-refractivity contribution >= 4 is 13.5 Å². The molecule has 0 bridgehead atoms. The van der Waals surface area contributed by atoms with Gasteiger partial charge in [0.2, 0.25) is 0 Å². The monoisotopic (exact) mass is 193 g/mol. The minimum absolute atomic E-state index is 0.327. The summed E-state index contributed by atoms with van der Waals surface area (Å²) in [6.45, 7) is 0. The summed E-state index contributed by atoms with van der Waals surface area (Å²) in [5.41, 5.74) is -0.748. The molecule has 5 heteroatoms. The van der Waals surface area contributed by atoms with Gasteiger partial charge < -0.3 is 0 Å². The Balaban J connectivity index is 2.51. The molecule has 0 aromatic heterocycles. The Labute approximate surface area is 71.8 Å². The lowest BCUT2D eigenvalue weighted by atomic mass is 9.90. The van der Waals surface area contributed by atoms with Crippen molar-refractivity contribution in [1.82, 2.24) is 0 Å². The Morgan fingerprint density at radius 3 is 2.00 bits per heavy atom. The van der Waals surface area contributed by atoms with Crippen LogP contribution in [-0.2, 0) is 4.79 Å². The second-order valence-electron chi connectivity index (χ2n) is 3.24. The topological polar surface area (TPSA) is 77.8 Å². The lowest BCUT2D eigenvalue weighted by Gasteiger charge is -2.18. The van der Waals surface area contributed by atoms with Gasteiger partial charge in [0.15, 0.2) is 0 Å². The summed E-state index contributed by atoms with van der Waals surface area (Å²) in [7, 11) is -4.21. The molecule has 1 saturated carbocycles. The molecule has 0 aromatic carbocycles. The standard InChI is InChI=1S/C7H14O4P/c8-7(12(9,10)11)6-4-2-1-3-5-6/h6,9-11H,1-5H2/q+1. The molecular formula is C7H14O4P+. The predicted octanol–water partition coefficient (Wildman–Crippen LogP) is 0.833. The van der Waals surface area contributed by atoms with Crippen molar-refractivity contribution in [3.05, 3.63) is 0 Å². The van der Waals surface area contributed by atoms with Crippen molar-refractivity contribution in [2.45, 2.75) is 32.1 Å². The molecular weight excluding hydrogens is 179 g/mol. The molecule has 3 N–H and O–H groups in total. The Bertz CT molecular complexity index is 169. The average molecular weight is 193 g/mol. The second-order valence-corrected chi connectivity index (χ2v) is 4.82. The molecule has 0 heterocycles. The number of rotatable bonds is 2. The molecule has 12 heavy (non-hydrogen) atoms. The summed E-state index contributed by atoms with van der Waals surface area (Å²) in [4.78, 5) is 37.3. The van der Waals surface area contributed by atoms with Gasteiger partial charge in [-0.3, -0.25) is 0 Å². The van der Waals surface area contributed by atoms with Gasteiger partial charge in [-0.1, -0.05) is 19.3 Å². The maximum absolute atomic E-state index is 11.1. The van der Waals surface area contributed by atoms with E-state index in [0.717, 1.165) is 19.3 Å². The zero-order valence-corrected chi connectivity index (χ0v) is 7.70. The van der Waals surface area contributed by atoms with Crippen LogP contribution >= 0.6 is 7.94 Å². The molecule has 0 aromatic rings. The quantitative estimate of drug-likeness (QED) is 0.567. The summed E-state index contributed by atoms with van der Waals surface area (Å²) in [6, 6.07) is 0. The van der Waals surface area contributed by atoms with E-state index in [1.807, 2.05) is 0 Å². The van der Waals surface area contributed by atoms with Gasteiger partial charge >= 0.3 is 13.5 Å². The van der Waals surface area contributed by atoms with Crippen LogP contribution in [0.4, 0.5) is 0 Å². The number of hydrogen-bond donors (Lipinski definition) is 3. The van der Waals surface area contributed by atoms with E-state index in [4.69, 9.17) is 14.7 Å². The summed E-state index contributed by atoms with van der Waals surface area (Å²) in [5, 5.41) is 0. The molecule has 0 saturated heterocycles. The molecule has 0 atom stereocenters. The van der Waals surface area contributed by atoms with E-state index in [-0.39, 0.29) is 5.92 Å². The maximum Gasteiger partial charge on any atom is 0.478 e. The third-order valence-electron chi connectivity index (χ3n) is 2.25. The zero-order chi connectivity index (χ0) is 9.19. The van der Waals surface area contributed by atoms with Crippen LogP contribution in [0.2, 0.25) is 0 Å². The highest BCUT2D eigenvalue weighted by molar-refractivity contribution is 7.76. The lowest BCUT2D eigenvalue weighted by molar-refractivity contribution is -0.118. The molecule has 1 rings (SSSR count). The number of hydrogen-bond acceptors (Lipinski definition) is 4. The van der Waals surface area contributed by atoms with Gasteiger partial charge in [0.05, 0.1) is 5.92 Å². The van der Waals surface area contributed by atoms with Crippen molar-refractivity contribution in [2.24, 2.45) is 5.92 Å². The maximum atomic E-state index is 11.1. The third kappa shape index (κ3) is 2.49. The van der Waals surface area contributed by atoms with Gasteiger partial charge in [-0.05, 0) is 12.8 Å². The molecule has 1 aliphatic rings. The van der Waals surface area contributed by atoms with Crippen LogP contribution in [0.3, 0.4) is 0 Å². The number of carbonyl (C=O) groups is 1. The smallest absolute Gasteiger partial charge is 0.243 e. The van der Waals surface area contributed by atoms with Crippen LogP contribution in [-0.4, -0.2) is 20.2 Å². The molecule has 4 nitrogen and oxygen atoms in total. The van der Waals surface area contributed by atoms with E-state index in [9.17, 15) is 4.79 Å². The highest BCUT2D eigenvalue weighted by Gasteiger charge is 2.47. The Morgan fingerprint density at radius 2 is 1.58 bits per heavy atom. The molecule has 0 amide bonds. The largest absolute Gasteiger partial charge is 0.478 e. The summed E-state index contributed by atoms with van der Waals surface area (Å²) < 4.78 is 0. The van der Waals surface area contributed by atoms with Crippen molar-refractivity contribution < 1.29 is 19.5 Å². The molecule has 1 fully saturated rings. The van der Waals surface area contributed by atoms with Crippen LogP contribution in [0.15, 0.2) is 0 Å². The summed E-state index contributed by atoms with van der Waals surface area (Å²) in [5.74, 6) is -0.327. The molecule has 70 valence electrons. The fraction of sp³-hybridized carbons (Fsp3) is 0.857. The van der Waals surface area contributed by atoms with E-state index in [0.29, 0.717) is 12.8 Å². The number of carbonyl (C=O) groups excluding carboxylic acids is 1. The SMILES string of the molecule is O=C(C1CCCCC1)[P+](O)(O)O. The van der Waals surface area contributed by atoms with E-state index in [2.05, 4.69) is 0 Å². The minimum Gasteiger partial charge on any atom is -0.243 e. The first-order valence-corrected chi connectivity index (χ1v) is 5.78. The first kappa shape index (κ1) is 10.1. The molecule has 0 radical (unpaired) electrons. The molecule has 0 aliphatic heterocycles. The van der Waals surface area contributed by atoms with E-state index >= 15 is 0 Å². The molecule has 0 spiro atoms. The van der Waals surface area contributed by atoms with Gasteiger partial charge in [-0.2, -0.15) is 14.7 Å². The fourth-order valence-electron chi connectivity index (χ4n) is 1.59.